The highest BCUT2D eigenvalue weighted by Crippen LogP contribution is 2.51. The number of nitro groups is 1. The van der Waals surface area contributed by atoms with Gasteiger partial charge in [0, 0.05) is 41.6 Å². The van der Waals surface area contributed by atoms with Crippen LogP contribution >= 0.6 is 11.6 Å². The second kappa shape index (κ2) is 7.53. The Kier molecular flexibility index (Phi) is 4.78. The predicted molar refractivity (Wildman–Crippen MR) is 121 cm³/mol. The molecule has 2 atom stereocenters. The van der Waals surface area contributed by atoms with Crippen LogP contribution in [0.15, 0.2) is 71.8 Å². The molecule has 0 fully saturated rings. The van der Waals surface area contributed by atoms with E-state index < -0.39 is 10.6 Å². The molecule has 5 rings (SSSR count). The molecule has 162 valence electrons. The van der Waals surface area contributed by atoms with Crippen LogP contribution in [0.3, 0.4) is 0 Å². The molecule has 0 amide bonds. The van der Waals surface area contributed by atoms with E-state index in [1.807, 2.05) is 48.3 Å². The van der Waals surface area contributed by atoms with E-state index in [0.717, 1.165) is 33.9 Å². The Morgan fingerprint density at radius 1 is 1.16 bits per heavy atom. The van der Waals surface area contributed by atoms with E-state index >= 15 is 0 Å². The summed E-state index contributed by atoms with van der Waals surface area (Å²) in [5.41, 5.74) is 2.73. The fraction of sp³-hybridized carbons (Fsp3) is 0.208. The summed E-state index contributed by atoms with van der Waals surface area (Å²) in [7, 11) is 1.63. The standard InChI is InChI=1S/C24H20ClN3O4/c1-24(16-5-8-18(9-6-16)28(29)30)27-22(20-13-17(25)7-12-23(20)32-24)14-21(26-27)15-3-10-19(31-2)11-4-15/h3-13,22H,14H2,1-2H3. The molecule has 0 spiro atoms. The molecule has 2 aliphatic heterocycles. The number of halogens is 1. The maximum absolute atomic E-state index is 11.1. The van der Waals surface area contributed by atoms with Gasteiger partial charge in [-0.3, -0.25) is 10.1 Å². The van der Waals surface area contributed by atoms with E-state index in [2.05, 4.69) is 0 Å². The Hall–Kier alpha value is -3.58. The smallest absolute Gasteiger partial charge is 0.269 e. The van der Waals surface area contributed by atoms with Gasteiger partial charge >= 0.3 is 0 Å². The maximum Gasteiger partial charge on any atom is 0.269 e. The fourth-order valence-electron chi connectivity index (χ4n) is 4.32. The number of rotatable bonds is 4. The number of hydrazone groups is 1. The van der Waals surface area contributed by atoms with Crippen molar-refractivity contribution in [3.8, 4) is 11.5 Å². The van der Waals surface area contributed by atoms with Crippen LogP contribution in [0.2, 0.25) is 5.02 Å². The molecular weight excluding hydrogens is 430 g/mol. The summed E-state index contributed by atoms with van der Waals surface area (Å²) < 4.78 is 11.7. The highest BCUT2D eigenvalue weighted by molar-refractivity contribution is 6.30. The van der Waals surface area contributed by atoms with E-state index in [9.17, 15) is 10.1 Å². The van der Waals surface area contributed by atoms with E-state index in [4.69, 9.17) is 26.2 Å². The molecule has 32 heavy (non-hydrogen) atoms. The summed E-state index contributed by atoms with van der Waals surface area (Å²) in [5, 5.41) is 18.6. The van der Waals surface area contributed by atoms with Crippen LogP contribution in [0.4, 0.5) is 5.69 Å². The SMILES string of the molecule is COc1ccc(C2=NN3C(C2)c2cc(Cl)ccc2OC3(C)c2ccc([N+](=O)[O-])cc2)cc1. The van der Waals surface area contributed by atoms with Crippen LogP contribution in [-0.2, 0) is 5.72 Å². The number of methoxy groups -OCH3 is 1. The van der Waals surface area contributed by atoms with E-state index in [-0.39, 0.29) is 11.7 Å². The van der Waals surface area contributed by atoms with Crippen LogP contribution in [0, 0.1) is 10.1 Å². The highest BCUT2D eigenvalue weighted by Gasteiger charge is 2.49. The van der Waals surface area contributed by atoms with Crippen LogP contribution in [0.1, 0.15) is 36.1 Å². The summed E-state index contributed by atoms with van der Waals surface area (Å²) >= 11 is 6.30. The molecule has 0 saturated heterocycles. The molecule has 8 heteroatoms. The van der Waals surface area contributed by atoms with E-state index in [1.54, 1.807) is 25.3 Å². The van der Waals surface area contributed by atoms with Crippen LogP contribution < -0.4 is 9.47 Å². The van der Waals surface area contributed by atoms with Gasteiger partial charge in [-0.1, -0.05) is 11.6 Å². The van der Waals surface area contributed by atoms with Crippen molar-refractivity contribution < 1.29 is 14.4 Å². The number of fused-ring (bicyclic) bond motifs is 3. The number of nitrogens with zero attached hydrogens (tertiary/aromatic N) is 3. The molecule has 0 saturated carbocycles. The average Bonchev–Trinajstić information content (AvgIpc) is 3.27. The van der Waals surface area contributed by atoms with Gasteiger partial charge in [0.05, 0.1) is 23.8 Å². The van der Waals surface area contributed by atoms with Crippen molar-refractivity contribution in [1.82, 2.24) is 5.01 Å². The number of benzene rings is 3. The molecule has 0 N–H and O–H groups in total. The van der Waals surface area contributed by atoms with Crippen molar-refractivity contribution in [1.29, 1.82) is 0 Å². The Balaban J connectivity index is 1.61. The monoisotopic (exact) mass is 449 g/mol. The third-order valence-corrected chi connectivity index (χ3v) is 6.26. The van der Waals surface area contributed by atoms with Crippen molar-refractivity contribution in [2.24, 2.45) is 5.10 Å². The van der Waals surface area contributed by atoms with Gasteiger partial charge in [-0.05, 0) is 60.2 Å². The molecule has 0 bridgehead atoms. The summed E-state index contributed by atoms with van der Waals surface area (Å²) in [6, 6.07) is 19.7. The minimum Gasteiger partial charge on any atom is -0.497 e. The lowest BCUT2D eigenvalue weighted by atomic mass is 9.92. The fourth-order valence-corrected chi connectivity index (χ4v) is 4.50. The Morgan fingerprint density at radius 2 is 1.88 bits per heavy atom. The first kappa shape index (κ1) is 20.3. The minimum atomic E-state index is -0.950. The second-order valence-electron chi connectivity index (χ2n) is 7.91. The van der Waals surface area contributed by atoms with Gasteiger partial charge in [-0.25, -0.2) is 5.01 Å². The lowest BCUT2D eigenvalue weighted by Gasteiger charge is -2.46. The first-order valence-corrected chi connectivity index (χ1v) is 10.5. The minimum absolute atomic E-state index is 0.0285. The molecule has 2 unspecified atom stereocenters. The van der Waals surface area contributed by atoms with E-state index in [1.165, 1.54) is 12.1 Å². The van der Waals surface area contributed by atoms with E-state index in [0.29, 0.717) is 11.4 Å². The molecular formula is C24H20ClN3O4. The highest BCUT2D eigenvalue weighted by atomic mass is 35.5. The summed E-state index contributed by atoms with van der Waals surface area (Å²) in [4.78, 5) is 10.7. The third kappa shape index (κ3) is 3.26. The van der Waals surface area contributed by atoms with Gasteiger partial charge < -0.3 is 9.47 Å². The third-order valence-electron chi connectivity index (χ3n) is 6.02. The lowest BCUT2D eigenvalue weighted by Crippen LogP contribution is -2.48. The zero-order chi connectivity index (χ0) is 22.5. The first-order chi connectivity index (χ1) is 15.4. The quantitative estimate of drug-likeness (QED) is 0.378. The summed E-state index contributed by atoms with van der Waals surface area (Å²) in [5.74, 6) is 1.50. The average molecular weight is 450 g/mol. The largest absolute Gasteiger partial charge is 0.497 e. The second-order valence-corrected chi connectivity index (χ2v) is 8.35. The summed E-state index contributed by atoms with van der Waals surface area (Å²) in [6.45, 7) is 1.93. The molecule has 2 heterocycles. The van der Waals surface area contributed by atoms with Crippen molar-refractivity contribution >= 4 is 23.0 Å². The van der Waals surface area contributed by atoms with Gasteiger partial charge in [-0.15, -0.1) is 0 Å². The molecule has 3 aromatic rings. The number of ether oxygens (including phenoxy) is 2. The maximum atomic E-state index is 11.1. The zero-order valence-electron chi connectivity index (χ0n) is 17.5. The van der Waals surface area contributed by atoms with Crippen molar-refractivity contribution in [3.05, 3.63) is 98.6 Å². The van der Waals surface area contributed by atoms with Crippen LogP contribution in [0.5, 0.6) is 11.5 Å². The molecule has 0 aliphatic carbocycles. The molecule has 0 aromatic heterocycles. The van der Waals surface area contributed by atoms with Crippen molar-refractivity contribution in [3.63, 3.8) is 0 Å². The van der Waals surface area contributed by atoms with Gasteiger partial charge in [0.25, 0.3) is 5.69 Å². The summed E-state index contributed by atoms with van der Waals surface area (Å²) in [6.07, 6.45) is 0.672. The number of nitro benzene ring substituents is 1. The lowest BCUT2D eigenvalue weighted by molar-refractivity contribution is -0.384. The molecule has 2 aliphatic rings. The number of hydrogen-bond acceptors (Lipinski definition) is 6. The Morgan fingerprint density at radius 3 is 2.53 bits per heavy atom. The van der Waals surface area contributed by atoms with Gasteiger partial charge in [0.15, 0.2) is 0 Å². The van der Waals surface area contributed by atoms with Crippen LogP contribution in [-0.4, -0.2) is 22.8 Å². The van der Waals surface area contributed by atoms with Crippen molar-refractivity contribution in [2.45, 2.75) is 25.1 Å². The van der Waals surface area contributed by atoms with Gasteiger partial charge in [0.2, 0.25) is 5.72 Å². The number of non-ortho nitro benzene ring substituents is 1. The Labute approximate surface area is 190 Å². The van der Waals surface area contributed by atoms with Crippen LogP contribution in [0.25, 0.3) is 0 Å². The van der Waals surface area contributed by atoms with Crippen molar-refractivity contribution in [2.75, 3.05) is 7.11 Å². The Bertz CT molecular complexity index is 1230. The van der Waals surface area contributed by atoms with Gasteiger partial charge in [0.1, 0.15) is 11.5 Å². The molecule has 0 radical (unpaired) electrons. The normalized spacial score (nSPS) is 21.3. The topological polar surface area (TPSA) is 77.2 Å². The molecule has 3 aromatic carbocycles. The molecule has 7 nitrogen and oxygen atoms in total. The number of hydrogen-bond donors (Lipinski definition) is 0. The predicted octanol–water partition coefficient (Wildman–Crippen LogP) is 5.67. The van der Waals surface area contributed by atoms with Gasteiger partial charge in [-0.2, -0.15) is 5.10 Å². The zero-order valence-corrected chi connectivity index (χ0v) is 18.2. The first-order valence-electron chi connectivity index (χ1n) is 10.1.